The maximum absolute atomic E-state index is 12.7. The van der Waals surface area contributed by atoms with Crippen LogP contribution in [0.2, 0.25) is 0 Å². The van der Waals surface area contributed by atoms with Crippen molar-refractivity contribution in [1.82, 2.24) is 5.32 Å². The summed E-state index contributed by atoms with van der Waals surface area (Å²) < 4.78 is 63.5. The SMILES string of the molecule is FC(F)(F)OC1CCNCC1(F)F. The Kier molecular flexibility index (Phi) is 2.76. The first-order chi connectivity index (χ1) is 5.81. The molecule has 1 atom stereocenters. The summed E-state index contributed by atoms with van der Waals surface area (Å²) in [6.45, 7) is -0.663. The molecule has 0 saturated carbocycles. The lowest BCUT2D eigenvalue weighted by atomic mass is 10.1. The lowest BCUT2D eigenvalue weighted by Gasteiger charge is -2.31. The molecular formula is C6H8F5NO. The third-order valence-corrected chi connectivity index (χ3v) is 1.69. The van der Waals surface area contributed by atoms with Crippen molar-refractivity contribution < 1.29 is 26.7 Å². The number of nitrogens with one attached hydrogen (secondary N) is 1. The van der Waals surface area contributed by atoms with Gasteiger partial charge in [-0.3, -0.25) is 4.74 Å². The first-order valence-corrected chi connectivity index (χ1v) is 3.64. The van der Waals surface area contributed by atoms with E-state index in [1.54, 1.807) is 0 Å². The summed E-state index contributed by atoms with van der Waals surface area (Å²) in [7, 11) is 0. The minimum atomic E-state index is -4.99. The quantitative estimate of drug-likeness (QED) is 0.655. The molecule has 1 heterocycles. The van der Waals surface area contributed by atoms with Crippen molar-refractivity contribution in [2.75, 3.05) is 13.1 Å². The average molecular weight is 205 g/mol. The molecule has 0 radical (unpaired) electrons. The van der Waals surface area contributed by atoms with E-state index in [4.69, 9.17) is 0 Å². The van der Waals surface area contributed by atoms with Gasteiger partial charge in [0.2, 0.25) is 0 Å². The summed E-state index contributed by atoms with van der Waals surface area (Å²) in [6, 6.07) is 0. The number of hydrogen-bond donors (Lipinski definition) is 1. The van der Waals surface area contributed by atoms with E-state index in [0.29, 0.717) is 0 Å². The third-order valence-electron chi connectivity index (χ3n) is 1.69. The smallest absolute Gasteiger partial charge is 0.311 e. The van der Waals surface area contributed by atoms with Crippen molar-refractivity contribution in [3.63, 3.8) is 0 Å². The molecule has 1 unspecified atom stereocenters. The Labute approximate surface area is 71.0 Å². The van der Waals surface area contributed by atoms with Crippen LogP contribution in [0.4, 0.5) is 22.0 Å². The van der Waals surface area contributed by atoms with Crippen molar-refractivity contribution >= 4 is 0 Å². The van der Waals surface area contributed by atoms with Gasteiger partial charge in [0, 0.05) is 0 Å². The Morgan fingerprint density at radius 1 is 1.31 bits per heavy atom. The minimum absolute atomic E-state index is 0.107. The van der Waals surface area contributed by atoms with E-state index >= 15 is 0 Å². The van der Waals surface area contributed by atoms with Crippen LogP contribution in [0.3, 0.4) is 0 Å². The number of hydrogen-bond acceptors (Lipinski definition) is 2. The topological polar surface area (TPSA) is 21.3 Å². The first-order valence-electron chi connectivity index (χ1n) is 3.64. The van der Waals surface area contributed by atoms with Gasteiger partial charge in [0.15, 0.2) is 0 Å². The van der Waals surface area contributed by atoms with E-state index in [2.05, 4.69) is 10.1 Å². The first kappa shape index (κ1) is 10.6. The van der Waals surface area contributed by atoms with Gasteiger partial charge >= 0.3 is 6.36 Å². The molecule has 1 N–H and O–H groups in total. The predicted octanol–water partition coefficient (Wildman–Crippen LogP) is 1.52. The van der Waals surface area contributed by atoms with E-state index in [9.17, 15) is 22.0 Å². The van der Waals surface area contributed by atoms with Crippen molar-refractivity contribution in [3.05, 3.63) is 0 Å². The largest absolute Gasteiger partial charge is 0.522 e. The van der Waals surface area contributed by atoms with E-state index in [0.717, 1.165) is 0 Å². The molecule has 1 aliphatic heterocycles. The van der Waals surface area contributed by atoms with Crippen LogP contribution in [-0.4, -0.2) is 31.5 Å². The van der Waals surface area contributed by atoms with Crippen molar-refractivity contribution in [2.45, 2.75) is 24.8 Å². The summed E-state index contributed by atoms with van der Waals surface area (Å²) >= 11 is 0. The molecule has 2 nitrogen and oxygen atoms in total. The van der Waals surface area contributed by atoms with Gasteiger partial charge in [0.25, 0.3) is 5.92 Å². The Balaban J connectivity index is 2.56. The molecule has 0 aliphatic carbocycles. The second-order valence-electron chi connectivity index (χ2n) is 2.78. The fraction of sp³-hybridized carbons (Fsp3) is 1.00. The fourth-order valence-corrected chi connectivity index (χ4v) is 1.12. The zero-order chi connectivity index (χ0) is 10.1. The van der Waals surface area contributed by atoms with Gasteiger partial charge in [0.1, 0.15) is 6.10 Å². The number of ether oxygens (including phenoxy) is 1. The standard InChI is InChI=1S/C6H8F5NO/c7-5(8)3-12-2-1-4(5)13-6(9,10)11/h4,12H,1-3H2. The van der Waals surface area contributed by atoms with Crippen molar-refractivity contribution in [1.29, 1.82) is 0 Å². The van der Waals surface area contributed by atoms with Gasteiger partial charge < -0.3 is 5.32 Å². The third kappa shape index (κ3) is 3.07. The van der Waals surface area contributed by atoms with Gasteiger partial charge in [-0.1, -0.05) is 0 Å². The number of rotatable bonds is 1. The minimum Gasteiger partial charge on any atom is -0.311 e. The molecule has 0 aromatic carbocycles. The second-order valence-corrected chi connectivity index (χ2v) is 2.78. The van der Waals surface area contributed by atoms with Crippen LogP contribution in [0, 0.1) is 0 Å². The van der Waals surface area contributed by atoms with Gasteiger partial charge in [-0.05, 0) is 13.0 Å². The van der Waals surface area contributed by atoms with Gasteiger partial charge in [-0.15, -0.1) is 13.2 Å². The monoisotopic (exact) mass is 205 g/mol. The molecule has 0 spiro atoms. The summed E-state index contributed by atoms with van der Waals surface area (Å²) in [4.78, 5) is 0. The van der Waals surface area contributed by atoms with Crippen LogP contribution in [-0.2, 0) is 4.74 Å². The average Bonchev–Trinajstić information content (AvgIpc) is 1.91. The highest BCUT2D eigenvalue weighted by atomic mass is 19.4. The molecule has 0 aromatic heterocycles. The number of alkyl halides is 5. The zero-order valence-corrected chi connectivity index (χ0v) is 6.50. The molecule has 1 aliphatic rings. The van der Waals surface area contributed by atoms with Crippen LogP contribution < -0.4 is 5.32 Å². The molecule has 7 heteroatoms. The number of piperidine rings is 1. The highest BCUT2D eigenvalue weighted by molar-refractivity contribution is 4.85. The summed E-state index contributed by atoms with van der Waals surface area (Å²) in [5.41, 5.74) is 0. The molecule has 1 rings (SSSR count). The molecule has 1 saturated heterocycles. The highest BCUT2D eigenvalue weighted by Gasteiger charge is 2.48. The summed E-state index contributed by atoms with van der Waals surface area (Å²) in [5, 5.41) is 2.29. The van der Waals surface area contributed by atoms with Crippen LogP contribution in [0.1, 0.15) is 6.42 Å². The zero-order valence-electron chi connectivity index (χ0n) is 6.50. The normalized spacial score (nSPS) is 28.8. The van der Waals surface area contributed by atoms with Gasteiger partial charge in [0.05, 0.1) is 6.54 Å². The van der Waals surface area contributed by atoms with Gasteiger partial charge in [-0.2, -0.15) is 0 Å². The van der Waals surface area contributed by atoms with E-state index in [-0.39, 0.29) is 13.0 Å². The molecule has 0 amide bonds. The van der Waals surface area contributed by atoms with Crippen LogP contribution in [0.15, 0.2) is 0 Å². The molecule has 0 bridgehead atoms. The maximum atomic E-state index is 12.7. The van der Waals surface area contributed by atoms with E-state index in [1.807, 2.05) is 0 Å². The second kappa shape index (κ2) is 3.38. The van der Waals surface area contributed by atoms with Crippen LogP contribution in [0.25, 0.3) is 0 Å². The lowest BCUT2D eigenvalue weighted by molar-refractivity contribution is -0.367. The van der Waals surface area contributed by atoms with E-state index in [1.165, 1.54) is 0 Å². The highest BCUT2D eigenvalue weighted by Crippen LogP contribution is 2.31. The van der Waals surface area contributed by atoms with E-state index < -0.39 is 24.9 Å². The Bertz CT molecular complexity index is 180. The lowest BCUT2D eigenvalue weighted by Crippen LogP contribution is -2.52. The Morgan fingerprint density at radius 2 is 1.92 bits per heavy atom. The van der Waals surface area contributed by atoms with Crippen molar-refractivity contribution in [2.24, 2.45) is 0 Å². The predicted molar refractivity (Wildman–Crippen MR) is 33.4 cm³/mol. The Morgan fingerprint density at radius 3 is 2.38 bits per heavy atom. The summed E-state index contributed by atoms with van der Waals surface area (Å²) in [6.07, 6.45) is -7.40. The fourth-order valence-electron chi connectivity index (χ4n) is 1.12. The van der Waals surface area contributed by atoms with Gasteiger partial charge in [-0.25, -0.2) is 8.78 Å². The molecule has 1 fully saturated rings. The summed E-state index contributed by atoms with van der Waals surface area (Å²) in [5.74, 6) is -3.45. The Hall–Kier alpha value is -0.430. The molecule has 78 valence electrons. The molecule has 0 aromatic rings. The molecular weight excluding hydrogens is 197 g/mol. The molecule has 13 heavy (non-hydrogen) atoms. The van der Waals surface area contributed by atoms with Crippen molar-refractivity contribution in [3.8, 4) is 0 Å². The number of halogens is 5. The maximum Gasteiger partial charge on any atom is 0.522 e. The van der Waals surface area contributed by atoms with Crippen LogP contribution >= 0.6 is 0 Å². The van der Waals surface area contributed by atoms with Crippen LogP contribution in [0.5, 0.6) is 0 Å².